The van der Waals surface area contributed by atoms with Crippen molar-refractivity contribution in [1.82, 2.24) is 14.5 Å². The molecule has 5 nitrogen and oxygen atoms in total. The van der Waals surface area contributed by atoms with E-state index < -0.39 is 0 Å². The summed E-state index contributed by atoms with van der Waals surface area (Å²) in [5, 5.41) is 2.84. The molecule has 2 heterocycles. The maximum atomic E-state index is 11.8. The first-order chi connectivity index (χ1) is 9.44. The van der Waals surface area contributed by atoms with E-state index in [4.69, 9.17) is 0 Å². The van der Waals surface area contributed by atoms with E-state index in [0.29, 0.717) is 11.4 Å². The number of rotatable bonds is 4. The Balaban J connectivity index is 1.92. The van der Waals surface area contributed by atoms with Crippen LogP contribution < -0.4 is 5.32 Å². The molecule has 106 valence electrons. The minimum absolute atomic E-state index is 0.0119. The maximum Gasteiger partial charge on any atom is 0.234 e. The molecule has 0 atom stereocenters. The first-order valence-corrected chi connectivity index (χ1v) is 7.31. The fourth-order valence-electron chi connectivity index (χ4n) is 1.49. The van der Waals surface area contributed by atoms with E-state index >= 15 is 0 Å². The van der Waals surface area contributed by atoms with Crippen LogP contribution >= 0.6 is 11.8 Å². The summed E-state index contributed by atoms with van der Waals surface area (Å²) >= 11 is 1.62. The highest BCUT2D eigenvalue weighted by atomic mass is 32.2. The quantitative estimate of drug-likeness (QED) is 0.940. The molecule has 20 heavy (non-hydrogen) atoms. The SMILES string of the molecule is CC(C)(C)SCC(=O)Nc1ccc(-n2ccnc2)nc1. The fraction of sp³-hybridized carbons (Fsp3) is 0.357. The van der Waals surface area contributed by atoms with Crippen molar-refractivity contribution in [1.29, 1.82) is 0 Å². The van der Waals surface area contributed by atoms with Crippen molar-refractivity contribution in [2.24, 2.45) is 0 Å². The van der Waals surface area contributed by atoms with Crippen LogP contribution in [-0.4, -0.2) is 30.9 Å². The maximum absolute atomic E-state index is 11.8. The predicted octanol–water partition coefficient (Wildman–Crippen LogP) is 2.74. The lowest BCUT2D eigenvalue weighted by Crippen LogP contribution is -2.19. The van der Waals surface area contributed by atoms with Crippen molar-refractivity contribution in [3.05, 3.63) is 37.1 Å². The van der Waals surface area contributed by atoms with E-state index in [2.05, 4.69) is 36.1 Å². The third kappa shape index (κ3) is 4.38. The van der Waals surface area contributed by atoms with Gasteiger partial charge in [0.15, 0.2) is 0 Å². The molecule has 2 aromatic heterocycles. The molecule has 0 aliphatic heterocycles. The molecule has 0 bridgehead atoms. The van der Waals surface area contributed by atoms with Gasteiger partial charge in [-0.3, -0.25) is 9.36 Å². The summed E-state index contributed by atoms with van der Waals surface area (Å²) in [7, 11) is 0. The van der Waals surface area contributed by atoms with Gasteiger partial charge in [-0.15, -0.1) is 11.8 Å². The number of nitrogens with one attached hydrogen (secondary N) is 1. The number of thioether (sulfide) groups is 1. The fourth-order valence-corrected chi connectivity index (χ4v) is 2.12. The van der Waals surface area contributed by atoms with Crippen LogP contribution in [0.3, 0.4) is 0 Å². The Morgan fingerprint density at radius 3 is 2.75 bits per heavy atom. The van der Waals surface area contributed by atoms with Gasteiger partial charge in [0.2, 0.25) is 5.91 Å². The van der Waals surface area contributed by atoms with E-state index in [9.17, 15) is 4.79 Å². The second-order valence-corrected chi connectivity index (χ2v) is 7.13. The second-order valence-electron chi connectivity index (χ2n) is 5.32. The molecule has 6 heteroatoms. The molecular weight excluding hydrogens is 272 g/mol. The molecular formula is C14H18N4OS. The number of hydrogen-bond acceptors (Lipinski definition) is 4. The Morgan fingerprint density at radius 1 is 1.40 bits per heavy atom. The number of carbonyl (C=O) groups excluding carboxylic acids is 1. The molecule has 0 aliphatic rings. The minimum atomic E-state index is -0.0119. The highest BCUT2D eigenvalue weighted by molar-refractivity contribution is 8.01. The second kappa shape index (κ2) is 6.09. The highest BCUT2D eigenvalue weighted by Gasteiger charge is 2.13. The summed E-state index contributed by atoms with van der Waals surface area (Å²) in [6.45, 7) is 6.27. The summed E-state index contributed by atoms with van der Waals surface area (Å²) in [5.74, 6) is 1.19. The summed E-state index contributed by atoms with van der Waals surface area (Å²) in [5.41, 5.74) is 0.702. The van der Waals surface area contributed by atoms with Crippen LogP contribution in [-0.2, 0) is 4.79 Å². The van der Waals surface area contributed by atoms with Crippen molar-refractivity contribution in [2.75, 3.05) is 11.1 Å². The Bertz CT molecular complexity index is 558. The van der Waals surface area contributed by atoms with Gasteiger partial charge in [-0.25, -0.2) is 9.97 Å². The van der Waals surface area contributed by atoms with E-state index in [1.807, 2.05) is 18.3 Å². The van der Waals surface area contributed by atoms with Crippen LogP contribution in [0.5, 0.6) is 0 Å². The summed E-state index contributed by atoms with van der Waals surface area (Å²) in [6, 6.07) is 3.68. The monoisotopic (exact) mass is 290 g/mol. The minimum Gasteiger partial charge on any atom is -0.324 e. The number of amides is 1. The zero-order valence-electron chi connectivity index (χ0n) is 11.8. The number of hydrogen-bond donors (Lipinski definition) is 1. The lowest BCUT2D eigenvalue weighted by Gasteiger charge is -2.16. The van der Waals surface area contributed by atoms with Crippen LogP contribution in [0, 0.1) is 0 Å². The lowest BCUT2D eigenvalue weighted by molar-refractivity contribution is -0.113. The Hall–Kier alpha value is -1.82. The third-order valence-corrected chi connectivity index (χ3v) is 3.71. The van der Waals surface area contributed by atoms with Gasteiger partial charge in [0.05, 0.1) is 17.6 Å². The zero-order chi connectivity index (χ0) is 14.6. The molecule has 0 saturated carbocycles. The summed E-state index contributed by atoms with van der Waals surface area (Å²) in [6.07, 6.45) is 6.84. The van der Waals surface area contributed by atoms with Gasteiger partial charge in [0.25, 0.3) is 0 Å². The molecule has 0 unspecified atom stereocenters. The van der Waals surface area contributed by atoms with Crippen LogP contribution in [0.4, 0.5) is 5.69 Å². The number of pyridine rings is 1. The zero-order valence-corrected chi connectivity index (χ0v) is 12.6. The first-order valence-electron chi connectivity index (χ1n) is 6.32. The standard InChI is InChI=1S/C14H18N4OS/c1-14(2,3)20-9-13(19)17-11-4-5-12(16-8-11)18-7-6-15-10-18/h4-8,10H,9H2,1-3H3,(H,17,19). The number of aromatic nitrogens is 3. The number of imidazole rings is 1. The van der Waals surface area contributed by atoms with Crippen LogP contribution in [0.1, 0.15) is 20.8 Å². The molecule has 0 aromatic carbocycles. The third-order valence-electron chi connectivity index (χ3n) is 2.44. The normalized spacial score (nSPS) is 11.3. The molecule has 0 aliphatic carbocycles. The van der Waals surface area contributed by atoms with E-state index in [1.165, 1.54) is 0 Å². The van der Waals surface area contributed by atoms with Gasteiger partial charge in [0, 0.05) is 17.1 Å². The topological polar surface area (TPSA) is 59.8 Å². The Morgan fingerprint density at radius 2 is 2.20 bits per heavy atom. The van der Waals surface area contributed by atoms with Crippen molar-refractivity contribution in [3.8, 4) is 5.82 Å². The van der Waals surface area contributed by atoms with Gasteiger partial charge < -0.3 is 5.32 Å². The lowest BCUT2D eigenvalue weighted by atomic mass is 10.3. The molecule has 1 N–H and O–H groups in total. The highest BCUT2D eigenvalue weighted by Crippen LogP contribution is 2.23. The van der Waals surface area contributed by atoms with Gasteiger partial charge in [-0.05, 0) is 12.1 Å². The van der Waals surface area contributed by atoms with Crippen LogP contribution in [0.2, 0.25) is 0 Å². The molecule has 0 saturated heterocycles. The van der Waals surface area contributed by atoms with E-state index in [0.717, 1.165) is 5.82 Å². The number of carbonyl (C=O) groups is 1. The van der Waals surface area contributed by atoms with Gasteiger partial charge in [-0.1, -0.05) is 20.8 Å². The van der Waals surface area contributed by atoms with Crippen molar-refractivity contribution < 1.29 is 4.79 Å². The van der Waals surface area contributed by atoms with Crippen molar-refractivity contribution >= 4 is 23.4 Å². The van der Waals surface area contributed by atoms with Crippen molar-refractivity contribution in [2.45, 2.75) is 25.5 Å². The van der Waals surface area contributed by atoms with Crippen molar-refractivity contribution in [3.63, 3.8) is 0 Å². The average Bonchev–Trinajstić information content (AvgIpc) is 2.90. The van der Waals surface area contributed by atoms with Gasteiger partial charge >= 0.3 is 0 Å². The Labute approximate surface area is 122 Å². The van der Waals surface area contributed by atoms with Crippen LogP contribution in [0.15, 0.2) is 37.1 Å². The predicted molar refractivity (Wildman–Crippen MR) is 82.2 cm³/mol. The summed E-state index contributed by atoms with van der Waals surface area (Å²) in [4.78, 5) is 20.0. The average molecular weight is 290 g/mol. The van der Waals surface area contributed by atoms with Gasteiger partial charge in [0.1, 0.15) is 12.1 Å². The first kappa shape index (κ1) is 14.6. The van der Waals surface area contributed by atoms with E-state index in [1.54, 1.807) is 35.0 Å². The molecule has 0 radical (unpaired) electrons. The smallest absolute Gasteiger partial charge is 0.234 e. The Kier molecular flexibility index (Phi) is 4.44. The molecule has 0 spiro atoms. The largest absolute Gasteiger partial charge is 0.324 e. The van der Waals surface area contributed by atoms with E-state index in [-0.39, 0.29) is 10.7 Å². The molecule has 0 fully saturated rings. The summed E-state index contributed by atoms with van der Waals surface area (Å²) < 4.78 is 1.89. The van der Waals surface area contributed by atoms with Gasteiger partial charge in [-0.2, -0.15) is 0 Å². The number of anilines is 1. The molecule has 2 rings (SSSR count). The molecule has 2 aromatic rings. The molecule has 1 amide bonds. The number of nitrogens with zero attached hydrogens (tertiary/aromatic N) is 3. The van der Waals surface area contributed by atoms with Crippen LogP contribution in [0.25, 0.3) is 5.82 Å².